The molecule has 1 heterocycles. The SMILES string of the molecule is COC(=O)c1ccc(NC(=O)c2cccnc2SCc2ccccc2)cc1. The third kappa shape index (κ3) is 4.95. The molecule has 3 rings (SSSR count). The van der Waals surface area contributed by atoms with Crippen LogP contribution in [0.5, 0.6) is 0 Å². The van der Waals surface area contributed by atoms with E-state index in [1.807, 2.05) is 30.3 Å². The summed E-state index contributed by atoms with van der Waals surface area (Å²) in [6, 6.07) is 20.1. The van der Waals surface area contributed by atoms with Crippen molar-refractivity contribution in [3.05, 3.63) is 89.6 Å². The van der Waals surface area contributed by atoms with Crippen molar-refractivity contribution in [3.63, 3.8) is 0 Å². The average molecular weight is 378 g/mol. The Hall–Kier alpha value is -3.12. The van der Waals surface area contributed by atoms with Gasteiger partial charge in [0.1, 0.15) is 5.03 Å². The van der Waals surface area contributed by atoms with E-state index in [2.05, 4.69) is 15.0 Å². The van der Waals surface area contributed by atoms with E-state index in [9.17, 15) is 9.59 Å². The summed E-state index contributed by atoms with van der Waals surface area (Å²) in [4.78, 5) is 28.5. The normalized spacial score (nSPS) is 10.3. The molecule has 0 aliphatic rings. The largest absolute Gasteiger partial charge is 0.465 e. The van der Waals surface area contributed by atoms with Crippen molar-refractivity contribution in [2.24, 2.45) is 0 Å². The number of methoxy groups -OCH3 is 1. The number of carbonyl (C=O) groups excluding carboxylic acids is 2. The molecule has 1 amide bonds. The molecule has 27 heavy (non-hydrogen) atoms. The van der Waals surface area contributed by atoms with Gasteiger partial charge in [-0.3, -0.25) is 4.79 Å². The second kappa shape index (κ2) is 9.00. The molecule has 0 saturated carbocycles. The monoisotopic (exact) mass is 378 g/mol. The first-order valence-corrected chi connectivity index (χ1v) is 9.27. The number of nitrogens with one attached hydrogen (secondary N) is 1. The summed E-state index contributed by atoms with van der Waals surface area (Å²) in [7, 11) is 1.33. The first-order chi connectivity index (χ1) is 13.2. The fourth-order valence-electron chi connectivity index (χ4n) is 2.41. The van der Waals surface area contributed by atoms with Crippen molar-refractivity contribution in [3.8, 4) is 0 Å². The van der Waals surface area contributed by atoms with Crippen LogP contribution in [0.2, 0.25) is 0 Å². The molecule has 3 aromatic rings. The Kier molecular flexibility index (Phi) is 6.22. The predicted molar refractivity (Wildman–Crippen MR) is 106 cm³/mol. The molecule has 6 heteroatoms. The highest BCUT2D eigenvalue weighted by Gasteiger charge is 2.13. The van der Waals surface area contributed by atoms with Crippen molar-refractivity contribution < 1.29 is 14.3 Å². The summed E-state index contributed by atoms with van der Waals surface area (Å²) in [5.41, 5.74) is 2.69. The van der Waals surface area contributed by atoms with Gasteiger partial charge in [-0.05, 0) is 42.0 Å². The number of anilines is 1. The molecule has 1 aromatic heterocycles. The van der Waals surface area contributed by atoms with E-state index in [1.165, 1.54) is 18.9 Å². The molecule has 0 unspecified atom stereocenters. The summed E-state index contributed by atoms with van der Waals surface area (Å²) in [6.45, 7) is 0. The first kappa shape index (κ1) is 18.7. The van der Waals surface area contributed by atoms with Gasteiger partial charge in [0.2, 0.25) is 0 Å². The van der Waals surface area contributed by atoms with E-state index >= 15 is 0 Å². The lowest BCUT2D eigenvalue weighted by Crippen LogP contribution is -2.13. The molecule has 0 spiro atoms. The van der Waals surface area contributed by atoms with Crippen LogP contribution in [0.1, 0.15) is 26.3 Å². The summed E-state index contributed by atoms with van der Waals surface area (Å²) in [6.07, 6.45) is 1.68. The number of pyridine rings is 1. The summed E-state index contributed by atoms with van der Waals surface area (Å²) < 4.78 is 4.67. The smallest absolute Gasteiger partial charge is 0.337 e. The number of aromatic nitrogens is 1. The van der Waals surface area contributed by atoms with E-state index in [0.29, 0.717) is 21.8 Å². The van der Waals surface area contributed by atoms with Gasteiger partial charge in [0, 0.05) is 17.6 Å². The van der Waals surface area contributed by atoms with Crippen LogP contribution in [-0.2, 0) is 10.5 Å². The van der Waals surface area contributed by atoms with Crippen LogP contribution in [0.25, 0.3) is 0 Å². The molecule has 136 valence electrons. The molecule has 5 nitrogen and oxygen atoms in total. The van der Waals surface area contributed by atoms with Crippen LogP contribution in [0, 0.1) is 0 Å². The second-order valence-electron chi connectivity index (χ2n) is 5.65. The van der Waals surface area contributed by atoms with E-state index in [4.69, 9.17) is 0 Å². The summed E-state index contributed by atoms with van der Waals surface area (Å²) >= 11 is 1.52. The van der Waals surface area contributed by atoms with Crippen LogP contribution in [-0.4, -0.2) is 24.0 Å². The maximum absolute atomic E-state index is 12.7. The van der Waals surface area contributed by atoms with Crippen LogP contribution in [0.3, 0.4) is 0 Å². The third-order valence-electron chi connectivity index (χ3n) is 3.80. The van der Waals surface area contributed by atoms with Gasteiger partial charge in [0.25, 0.3) is 5.91 Å². The van der Waals surface area contributed by atoms with Gasteiger partial charge >= 0.3 is 5.97 Å². The Bertz CT molecular complexity index is 928. The zero-order valence-corrected chi connectivity index (χ0v) is 15.5. The minimum absolute atomic E-state index is 0.246. The van der Waals surface area contributed by atoms with Gasteiger partial charge in [0.05, 0.1) is 18.2 Å². The summed E-state index contributed by atoms with van der Waals surface area (Å²) in [5.74, 6) is 0.0654. The number of esters is 1. The summed E-state index contributed by atoms with van der Waals surface area (Å²) in [5, 5.41) is 3.51. The Morgan fingerprint density at radius 2 is 1.74 bits per heavy atom. The van der Waals surface area contributed by atoms with Crippen molar-refractivity contribution in [1.82, 2.24) is 4.98 Å². The van der Waals surface area contributed by atoms with E-state index < -0.39 is 5.97 Å². The van der Waals surface area contributed by atoms with Gasteiger partial charge in [0.15, 0.2) is 0 Å². The van der Waals surface area contributed by atoms with E-state index in [0.717, 1.165) is 11.3 Å². The molecule has 0 aliphatic carbocycles. The third-order valence-corrected chi connectivity index (χ3v) is 4.87. The number of hydrogen-bond acceptors (Lipinski definition) is 5. The van der Waals surface area contributed by atoms with Gasteiger partial charge in [-0.2, -0.15) is 0 Å². The van der Waals surface area contributed by atoms with Crippen LogP contribution in [0.4, 0.5) is 5.69 Å². The number of nitrogens with zero attached hydrogens (tertiary/aromatic N) is 1. The van der Waals surface area contributed by atoms with Gasteiger partial charge in [-0.25, -0.2) is 9.78 Å². The Morgan fingerprint density at radius 1 is 1.00 bits per heavy atom. The number of rotatable bonds is 6. The van der Waals surface area contributed by atoms with Crippen molar-refractivity contribution in [2.45, 2.75) is 10.8 Å². The van der Waals surface area contributed by atoms with Gasteiger partial charge < -0.3 is 10.1 Å². The molecule has 0 bridgehead atoms. The molecular formula is C21H18N2O3S. The average Bonchev–Trinajstić information content (AvgIpc) is 2.73. The zero-order valence-electron chi connectivity index (χ0n) is 14.7. The highest BCUT2D eigenvalue weighted by Crippen LogP contribution is 2.25. The maximum Gasteiger partial charge on any atom is 0.337 e. The topological polar surface area (TPSA) is 68.3 Å². The molecule has 0 aliphatic heterocycles. The van der Waals surface area contributed by atoms with Crippen LogP contribution in [0.15, 0.2) is 78.0 Å². The molecular weight excluding hydrogens is 360 g/mol. The fraction of sp³-hybridized carbons (Fsp3) is 0.0952. The minimum Gasteiger partial charge on any atom is -0.465 e. The Morgan fingerprint density at radius 3 is 2.44 bits per heavy atom. The lowest BCUT2D eigenvalue weighted by Gasteiger charge is -2.09. The molecule has 0 saturated heterocycles. The predicted octanol–water partition coefficient (Wildman–Crippen LogP) is 4.41. The number of carbonyl (C=O) groups is 2. The Labute approximate surface area is 161 Å². The lowest BCUT2D eigenvalue weighted by atomic mass is 10.2. The van der Waals surface area contributed by atoms with Crippen molar-refractivity contribution in [1.29, 1.82) is 0 Å². The van der Waals surface area contributed by atoms with Crippen LogP contribution >= 0.6 is 11.8 Å². The molecule has 2 aromatic carbocycles. The number of benzene rings is 2. The number of amides is 1. The number of hydrogen-bond donors (Lipinski definition) is 1. The maximum atomic E-state index is 12.7. The molecule has 1 N–H and O–H groups in total. The lowest BCUT2D eigenvalue weighted by molar-refractivity contribution is 0.0600. The number of ether oxygens (including phenoxy) is 1. The van der Waals surface area contributed by atoms with Crippen molar-refractivity contribution >= 4 is 29.3 Å². The highest BCUT2D eigenvalue weighted by atomic mass is 32.2. The first-order valence-electron chi connectivity index (χ1n) is 8.29. The van der Waals surface area contributed by atoms with Gasteiger partial charge in [-0.15, -0.1) is 11.8 Å². The molecule has 0 atom stereocenters. The Balaban J connectivity index is 1.70. The fourth-order valence-corrected chi connectivity index (χ4v) is 3.36. The second-order valence-corrected chi connectivity index (χ2v) is 6.62. The van der Waals surface area contributed by atoms with Crippen LogP contribution < -0.4 is 5.32 Å². The minimum atomic E-state index is -0.417. The quantitative estimate of drug-likeness (QED) is 0.508. The molecule has 0 fully saturated rings. The zero-order chi connectivity index (χ0) is 19.1. The van der Waals surface area contributed by atoms with Gasteiger partial charge in [-0.1, -0.05) is 30.3 Å². The molecule has 0 radical (unpaired) electrons. The van der Waals surface area contributed by atoms with Crippen molar-refractivity contribution in [2.75, 3.05) is 12.4 Å². The number of thioether (sulfide) groups is 1. The van der Waals surface area contributed by atoms with E-state index in [1.54, 1.807) is 42.6 Å². The van der Waals surface area contributed by atoms with E-state index in [-0.39, 0.29) is 5.91 Å². The highest BCUT2D eigenvalue weighted by molar-refractivity contribution is 7.98. The standard InChI is InChI=1S/C21H18N2O3S/c1-26-21(25)16-9-11-17(12-10-16)23-19(24)18-8-5-13-22-20(18)27-14-15-6-3-2-4-7-15/h2-13H,14H2,1H3,(H,23,24).